The fourth-order valence-electron chi connectivity index (χ4n) is 3.36. The van der Waals surface area contributed by atoms with Gasteiger partial charge < -0.3 is 11.1 Å². The van der Waals surface area contributed by atoms with Gasteiger partial charge >= 0.3 is 0 Å². The van der Waals surface area contributed by atoms with Crippen LogP contribution in [0.5, 0.6) is 0 Å². The Bertz CT molecular complexity index is 424. The van der Waals surface area contributed by atoms with Gasteiger partial charge in [0.15, 0.2) is 0 Å². The first kappa shape index (κ1) is 15.1. The molecule has 1 saturated carbocycles. The minimum absolute atomic E-state index is 0.336. The third-order valence-electron chi connectivity index (χ3n) is 4.47. The molecule has 1 heterocycles. The fourth-order valence-corrected chi connectivity index (χ4v) is 3.36. The van der Waals surface area contributed by atoms with E-state index in [0.717, 1.165) is 23.7 Å². The molecule has 112 valence electrons. The molecule has 4 nitrogen and oxygen atoms in total. The lowest BCUT2D eigenvalue weighted by molar-refractivity contribution is 0.312. The van der Waals surface area contributed by atoms with E-state index in [-0.39, 0.29) is 0 Å². The molecule has 1 fully saturated rings. The van der Waals surface area contributed by atoms with E-state index in [1.807, 2.05) is 0 Å². The molecule has 0 bridgehead atoms. The largest absolute Gasteiger partial charge is 0.383 e. The van der Waals surface area contributed by atoms with Crippen molar-refractivity contribution < 1.29 is 0 Å². The van der Waals surface area contributed by atoms with E-state index in [4.69, 9.17) is 5.73 Å². The zero-order valence-electron chi connectivity index (χ0n) is 13.0. The summed E-state index contributed by atoms with van der Waals surface area (Å²) in [5.74, 6) is 2.65. The Labute approximate surface area is 122 Å². The maximum atomic E-state index is 6.03. The average molecular weight is 276 g/mol. The van der Waals surface area contributed by atoms with Crippen molar-refractivity contribution in [1.82, 2.24) is 9.97 Å². The van der Waals surface area contributed by atoms with E-state index < -0.39 is 0 Å². The van der Waals surface area contributed by atoms with Gasteiger partial charge in [-0.3, -0.25) is 0 Å². The van der Waals surface area contributed by atoms with Gasteiger partial charge in [-0.05, 0) is 31.1 Å². The van der Waals surface area contributed by atoms with E-state index >= 15 is 0 Å². The highest BCUT2D eigenvalue weighted by Crippen LogP contribution is 2.32. The Hall–Kier alpha value is -1.32. The summed E-state index contributed by atoms with van der Waals surface area (Å²) in [4.78, 5) is 8.57. The van der Waals surface area contributed by atoms with Gasteiger partial charge in [-0.1, -0.05) is 40.0 Å². The van der Waals surface area contributed by atoms with Crippen molar-refractivity contribution in [2.75, 3.05) is 11.1 Å². The second-order valence-corrected chi connectivity index (χ2v) is 6.23. The molecule has 3 N–H and O–H groups in total. The third-order valence-corrected chi connectivity index (χ3v) is 4.47. The number of hydrogen-bond donors (Lipinski definition) is 2. The van der Waals surface area contributed by atoms with Gasteiger partial charge in [-0.15, -0.1) is 0 Å². The molecular formula is C16H28N4. The Morgan fingerprint density at radius 2 is 1.95 bits per heavy atom. The van der Waals surface area contributed by atoms with Gasteiger partial charge in [0, 0.05) is 11.6 Å². The average Bonchev–Trinajstić information content (AvgIpc) is 2.45. The molecule has 20 heavy (non-hydrogen) atoms. The summed E-state index contributed by atoms with van der Waals surface area (Å²) in [5, 5.41) is 3.66. The summed E-state index contributed by atoms with van der Waals surface area (Å²) in [7, 11) is 0. The van der Waals surface area contributed by atoms with Gasteiger partial charge in [0.25, 0.3) is 0 Å². The zero-order valence-corrected chi connectivity index (χ0v) is 13.0. The van der Waals surface area contributed by atoms with Crippen LogP contribution in [0.15, 0.2) is 6.33 Å². The number of rotatable bonds is 5. The number of aromatic nitrogens is 2. The van der Waals surface area contributed by atoms with E-state index in [1.165, 1.54) is 32.1 Å². The zero-order chi connectivity index (χ0) is 14.5. The maximum absolute atomic E-state index is 6.03. The lowest BCUT2D eigenvalue weighted by atomic mass is 9.83. The van der Waals surface area contributed by atoms with Crippen LogP contribution in [0, 0.1) is 5.92 Å². The Morgan fingerprint density at radius 3 is 2.55 bits per heavy atom. The Kier molecular flexibility index (Phi) is 5.21. The lowest BCUT2D eigenvalue weighted by Gasteiger charge is -2.31. The minimum Gasteiger partial charge on any atom is -0.383 e. The highest BCUT2D eigenvalue weighted by molar-refractivity contribution is 5.57. The van der Waals surface area contributed by atoms with Gasteiger partial charge in [-0.25, -0.2) is 9.97 Å². The monoisotopic (exact) mass is 276 g/mol. The van der Waals surface area contributed by atoms with Crippen LogP contribution in [0.2, 0.25) is 0 Å². The van der Waals surface area contributed by atoms with Crippen molar-refractivity contribution in [2.45, 2.75) is 71.3 Å². The molecule has 0 aliphatic heterocycles. The summed E-state index contributed by atoms with van der Waals surface area (Å²) in [6.45, 7) is 6.54. The Morgan fingerprint density at radius 1 is 1.25 bits per heavy atom. The molecule has 0 amide bonds. The standard InChI is InChI=1S/C16H28N4/c1-4-13(12-8-6-5-7-9-12)20-16-14(11(2)3)15(17)18-10-19-16/h10-13H,4-9H2,1-3H3,(H3,17,18,19,20). The van der Waals surface area contributed by atoms with Crippen LogP contribution in [-0.2, 0) is 0 Å². The summed E-state index contributed by atoms with van der Waals surface area (Å²) >= 11 is 0. The van der Waals surface area contributed by atoms with Crippen molar-refractivity contribution in [3.63, 3.8) is 0 Å². The molecule has 1 unspecified atom stereocenters. The number of nitrogen functional groups attached to an aromatic ring is 1. The number of nitrogens with one attached hydrogen (secondary N) is 1. The van der Waals surface area contributed by atoms with Crippen molar-refractivity contribution in [2.24, 2.45) is 5.92 Å². The van der Waals surface area contributed by atoms with Gasteiger partial charge in [0.2, 0.25) is 0 Å². The first-order valence-electron chi connectivity index (χ1n) is 8.00. The first-order chi connectivity index (χ1) is 9.63. The SMILES string of the molecule is CCC(Nc1ncnc(N)c1C(C)C)C1CCCCC1. The maximum Gasteiger partial charge on any atom is 0.135 e. The smallest absolute Gasteiger partial charge is 0.135 e. The molecule has 2 rings (SSSR count). The van der Waals surface area contributed by atoms with E-state index in [0.29, 0.717) is 17.8 Å². The van der Waals surface area contributed by atoms with E-state index in [9.17, 15) is 0 Å². The quantitative estimate of drug-likeness (QED) is 0.854. The molecule has 0 aromatic carbocycles. The second-order valence-electron chi connectivity index (χ2n) is 6.23. The van der Waals surface area contributed by atoms with Crippen LogP contribution >= 0.6 is 0 Å². The van der Waals surface area contributed by atoms with E-state index in [1.54, 1.807) is 6.33 Å². The second kappa shape index (κ2) is 6.91. The predicted molar refractivity (Wildman–Crippen MR) is 84.8 cm³/mol. The summed E-state index contributed by atoms with van der Waals surface area (Å²) < 4.78 is 0. The van der Waals surface area contributed by atoms with Crippen LogP contribution < -0.4 is 11.1 Å². The van der Waals surface area contributed by atoms with Crippen LogP contribution in [0.1, 0.15) is 70.8 Å². The van der Waals surface area contributed by atoms with E-state index in [2.05, 4.69) is 36.1 Å². The predicted octanol–water partition coefficient (Wildman–Crippen LogP) is 3.95. The Balaban J connectivity index is 2.16. The number of nitrogens with zero attached hydrogens (tertiary/aromatic N) is 2. The molecule has 0 spiro atoms. The first-order valence-corrected chi connectivity index (χ1v) is 8.00. The molecule has 0 saturated heterocycles. The van der Waals surface area contributed by atoms with Crippen LogP contribution in [0.3, 0.4) is 0 Å². The molecule has 1 aliphatic carbocycles. The fraction of sp³-hybridized carbons (Fsp3) is 0.750. The van der Waals surface area contributed by atoms with Crippen molar-refractivity contribution in [3.05, 3.63) is 11.9 Å². The lowest BCUT2D eigenvalue weighted by Crippen LogP contribution is -2.31. The molecule has 1 aromatic rings. The molecule has 4 heteroatoms. The molecular weight excluding hydrogens is 248 g/mol. The van der Waals surface area contributed by atoms with Crippen molar-refractivity contribution in [3.8, 4) is 0 Å². The van der Waals surface area contributed by atoms with Crippen LogP contribution in [0.25, 0.3) is 0 Å². The number of anilines is 2. The summed E-state index contributed by atoms with van der Waals surface area (Å²) in [6, 6.07) is 0.502. The normalized spacial score (nSPS) is 18.2. The minimum atomic E-state index is 0.336. The van der Waals surface area contributed by atoms with Crippen LogP contribution in [-0.4, -0.2) is 16.0 Å². The topological polar surface area (TPSA) is 63.8 Å². The summed E-state index contributed by atoms with van der Waals surface area (Å²) in [6.07, 6.45) is 9.50. The summed E-state index contributed by atoms with van der Waals surface area (Å²) in [5.41, 5.74) is 7.08. The van der Waals surface area contributed by atoms with Gasteiger partial charge in [-0.2, -0.15) is 0 Å². The number of nitrogens with two attached hydrogens (primary N) is 1. The van der Waals surface area contributed by atoms with Gasteiger partial charge in [0.1, 0.15) is 18.0 Å². The molecule has 0 radical (unpaired) electrons. The van der Waals surface area contributed by atoms with Crippen molar-refractivity contribution >= 4 is 11.6 Å². The molecule has 1 aromatic heterocycles. The van der Waals surface area contributed by atoms with Gasteiger partial charge in [0.05, 0.1) is 0 Å². The van der Waals surface area contributed by atoms with Crippen LogP contribution in [0.4, 0.5) is 11.6 Å². The highest BCUT2D eigenvalue weighted by Gasteiger charge is 2.24. The van der Waals surface area contributed by atoms with Crippen molar-refractivity contribution in [1.29, 1.82) is 0 Å². The third kappa shape index (κ3) is 3.41. The number of hydrogen-bond acceptors (Lipinski definition) is 4. The molecule has 1 aliphatic rings. The molecule has 1 atom stereocenters. The highest BCUT2D eigenvalue weighted by atomic mass is 15.1.